The number of H-pyrrole nitrogens is 2. The molecule has 0 fully saturated rings. The number of nitrogens with two attached hydrogens (primary N) is 2. The van der Waals surface area contributed by atoms with Crippen LogP contribution in [0.4, 0.5) is 86.8 Å². The van der Waals surface area contributed by atoms with E-state index in [2.05, 4.69) is 56.5 Å². The highest BCUT2D eigenvalue weighted by Gasteiger charge is 2.30. The molecule has 126 heavy (non-hydrogen) atoms. The number of aromatic carboxylic acids is 1. The average Bonchev–Trinajstić information content (AvgIpc) is 1.58. The quantitative estimate of drug-likeness (QED) is 0.00799. The number of rotatable bonds is 26. The van der Waals surface area contributed by atoms with Crippen LogP contribution < -0.4 is 30.4 Å². The van der Waals surface area contributed by atoms with Crippen molar-refractivity contribution < 1.29 is 125 Å². The molecule has 0 aliphatic rings. The van der Waals surface area contributed by atoms with Crippen LogP contribution in [-0.4, -0.2) is 111 Å². The lowest BCUT2D eigenvalue weighted by Crippen LogP contribution is -2.19. The molecule has 0 bridgehead atoms. The fraction of sp³-hybridized carbons (Fsp3) is 0.173. The minimum absolute atomic E-state index is 0.0187. The molecule has 0 spiro atoms. The number of carbonyl (C=O) groups is 5. The number of nitrogens with one attached hydrogen (secondary N) is 6. The van der Waals surface area contributed by atoms with Crippen LogP contribution in [0.25, 0.3) is 22.1 Å². The highest BCUT2D eigenvalue weighted by molar-refractivity contribution is 9.10. The van der Waals surface area contributed by atoms with Gasteiger partial charge in [-0.2, -0.15) is 0 Å². The summed E-state index contributed by atoms with van der Waals surface area (Å²) in [4.78, 5) is 71.9. The smallest absolute Gasteiger partial charge is 0.344 e. The van der Waals surface area contributed by atoms with Gasteiger partial charge in [-0.3, -0.25) is 28.5 Å². The van der Waals surface area contributed by atoms with E-state index < -0.39 is 189 Å². The predicted molar refractivity (Wildman–Crippen MR) is 457 cm³/mol. The number of aromatic nitrogens is 4. The molecule has 0 amide bonds. The molecule has 8 aromatic carbocycles. The standard InChI is InChI=1S/C17H14BrF2N3O3S.C17H17F2NO4S.C14H11F2NO2.C10H10ClF2NO3S.C10H11F2NO4S.C7H5BrN2.C6H5F2N/c1-2-5-27(25,26)23-13-4-3-12(19)14(15(13)20)16(24)11-8-22-17-10(11)6-9(18)7-21-17;1-2-10-25(22,23)20-14-9-8-13(18)15(16(14)19)17(21)24-11-12-6-4-3-5-7-12;15-10-6-7-11(17)13(16)12(10)14(18)19-8-9-4-2-1-3-5-9;1-2-5-18(16,17)14-7-4-3-6(12)8(9(7)13)10(11)15;1-2-5-18(16,17)13-7-4-3-6(11)8(9(7)12)10(14)15;8-6-3-5-1-2-9-7(5)10-4-6;7-4-1-2-6(9)5(8)3-4/h3-4,6-8,23H,2,5H2,1H3,(H,21,22);3-9,20H,2,10-11H2,1H3;1-7H,8,17H2;3-4,14H,2,5H2,1H3;3-4,13H,2,5H2,1H3,(H,14,15);1-4H,(H,9,10);1-3H,9H2. The van der Waals surface area contributed by atoms with Gasteiger partial charge in [0, 0.05) is 56.1 Å². The zero-order valence-electron chi connectivity index (χ0n) is 65.8. The highest BCUT2D eigenvalue weighted by atomic mass is 79.9. The summed E-state index contributed by atoms with van der Waals surface area (Å²) >= 11 is 11.6. The van der Waals surface area contributed by atoms with E-state index in [1.807, 2.05) is 38.6 Å². The van der Waals surface area contributed by atoms with E-state index in [9.17, 15) is 110 Å². The zero-order chi connectivity index (χ0) is 93.7. The fourth-order valence-electron chi connectivity index (χ4n) is 10.3. The van der Waals surface area contributed by atoms with Gasteiger partial charge in [-0.15, -0.1) is 0 Å². The Hall–Kier alpha value is -12.1. The molecule has 12 aromatic rings. The van der Waals surface area contributed by atoms with Gasteiger partial charge in [-0.1, -0.05) is 88.4 Å². The molecule has 0 saturated carbocycles. The van der Waals surface area contributed by atoms with Gasteiger partial charge in [0.1, 0.15) is 87.5 Å². The van der Waals surface area contributed by atoms with E-state index >= 15 is 0 Å². The number of halogens is 15. The van der Waals surface area contributed by atoms with Crippen LogP contribution in [-0.2, 0) is 62.8 Å². The number of aromatic amines is 2. The van der Waals surface area contributed by atoms with Crippen molar-refractivity contribution >= 4 is 169 Å². The van der Waals surface area contributed by atoms with Gasteiger partial charge >= 0.3 is 17.9 Å². The fourth-order valence-corrected chi connectivity index (χ4v) is 15.7. The van der Waals surface area contributed by atoms with E-state index in [4.69, 9.17) is 37.6 Å². The number of ether oxygens (including phenoxy) is 2. The number of benzene rings is 8. The number of carboxylic acid groups (broad SMARTS) is 1. The number of anilines is 6. The van der Waals surface area contributed by atoms with Crippen molar-refractivity contribution in [1.29, 1.82) is 0 Å². The average molecular weight is 1990 g/mol. The molecular weight excluding hydrogens is 1920 g/mol. The van der Waals surface area contributed by atoms with E-state index in [1.54, 1.807) is 94.6 Å². The number of hydrogen-bond donors (Lipinski definition) is 9. The van der Waals surface area contributed by atoms with Crippen LogP contribution in [0.3, 0.4) is 0 Å². The lowest BCUT2D eigenvalue weighted by Gasteiger charge is -2.12. The van der Waals surface area contributed by atoms with Crippen molar-refractivity contribution in [1.82, 2.24) is 19.9 Å². The Balaban J connectivity index is 0.000000232. The predicted octanol–water partition coefficient (Wildman–Crippen LogP) is 18.5. The number of ketones is 1. The number of pyridine rings is 2. The second-order valence-electron chi connectivity index (χ2n) is 25.7. The molecular formula is C81H73Br2ClF12N10O16S4. The topological polar surface area (TPSA) is 418 Å². The summed E-state index contributed by atoms with van der Waals surface area (Å²) < 4.78 is 274. The first-order valence-corrected chi connectivity index (χ1v) is 44.9. The van der Waals surface area contributed by atoms with Crippen molar-refractivity contribution in [3.8, 4) is 0 Å². The molecule has 4 aromatic heterocycles. The number of esters is 2. The maximum absolute atomic E-state index is 14.8. The second kappa shape index (κ2) is 47.3. The second-order valence-corrected chi connectivity index (χ2v) is 35.2. The number of nitrogens with zero attached hydrogens (tertiary/aromatic N) is 2. The van der Waals surface area contributed by atoms with E-state index in [1.165, 1.54) is 18.5 Å². The number of carboxylic acids is 1. The molecule has 672 valence electrons. The van der Waals surface area contributed by atoms with Crippen LogP contribution >= 0.6 is 43.5 Å². The number of hydrogen-bond acceptors (Lipinski definition) is 19. The molecule has 11 N–H and O–H groups in total. The normalized spacial score (nSPS) is 11.0. The summed E-state index contributed by atoms with van der Waals surface area (Å²) in [6, 6.07) is 34.8. The lowest BCUT2D eigenvalue weighted by molar-refractivity contribution is 0.0452. The Morgan fingerprint density at radius 3 is 1.21 bits per heavy atom. The Bertz CT molecular complexity index is 6300. The van der Waals surface area contributed by atoms with Crippen LogP contribution in [0.5, 0.6) is 0 Å². The maximum atomic E-state index is 14.8. The molecule has 0 radical (unpaired) electrons. The van der Waals surface area contributed by atoms with Gasteiger partial charge in [-0.25, -0.2) is 111 Å². The Kier molecular flexibility index (Phi) is 38.5. The maximum Gasteiger partial charge on any atom is 0.344 e. The van der Waals surface area contributed by atoms with Gasteiger partial charge in [0.05, 0.1) is 62.7 Å². The van der Waals surface area contributed by atoms with Gasteiger partial charge < -0.3 is 36.0 Å². The highest BCUT2D eigenvalue weighted by Crippen LogP contribution is 2.32. The lowest BCUT2D eigenvalue weighted by atomic mass is 10.0. The minimum Gasteiger partial charge on any atom is -0.477 e. The number of fused-ring (bicyclic) bond motifs is 2. The van der Waals surface area contributed by atoms with Crippen LogP contribution in [0.15, 0.2) is 191 Å². The molecule has 0 aliphatic carbocycles. The van der Waals surface area contributed by atoms with E-state index in [-0.39, 0.29) is 53.2 Å². The molecule has 26 nitrogen and oxygen atoms in total. The Morgan fingerprint density at radius 2 is 0.794 bits per heavy atom. The Morgan fingerprint density at radius 1 is 0.429 bits per heavy atom. The monoisotopic (exact) mass is 1990 g/mol. The molecule has 12 rings (SSSR count). The van der Waals surface area contributed by atoms with E-state index in [0.29, 0.717) is 52.8 Å². The largest absolute Gasteiger partial charge is 0.477 e. The third-order valence-corrected chi connectivity index (χ3v) is 22.9. The first kappa shape index (κ1) is 103. The molecule has 45 heteroatoms. The van der Waals surface area contributed by atoms with Crippen LogP contribution in [0, 0.1) is 69.8 Å². The number of nitrogen functional groups attached to an aromatic ring is 2. The molecule has 4 heterocycles. The number of carbonyl (C=O) groups excluding carboxylic acids is 4. The van der Waals surface area contributed by atoms with E-state index in [0.717, 1.165) is 87.8 Å². The van der Waals surface area contributed by atoms with Gasteiger partial charge in [-0.05, 0) is 171 Å². The first-order chi connectivity index (χ1) is 59.3. The summed E-state index contributed by atoms with van der Waals surface area (Å²) in [5, 5.41) is 8.80. The SMILES string of the molecule is Brc1cnc2[nH]ccc2c1.CCCS(=O)(=O)Nc1ccc(F)c(C(=O)Cl)c1F.CCCS(=O)(=O)Nc1ccc(F)c(C(=O)O)c1F.CCCS(=O)(=O)Nc1ccc(F)c(C(=O)OCc2ccccc2)c1F.CCCS(=O)(=O)Nc1ccc(F)c(C(=O)c2c[nH]c3ncc(Br)cc23)c1F.Nc1ccc(F)c(C(=O)OCc2ccccc2)c1F.Nc1ccc(F)cc1F. The molecule has 0 atom stereocenters. The third-order valence-electron chi connectivity index (χ3n) is 16.0. The van der Waals surface area contributed by atoms with Crippen molar-refractivity contribution in [3.63, 3.8) is 0 Å². The van der Waals surface area contributed by atoms with Crippen LogP contribution in [0.2, 0.25) is 0 Å². The van der Waals surface area contributed by atoms with Crippen molar-refractivity contribution in [3.05, 3.63) is 306 Å². The molecule has 0 saturated heterocycles. The zero-order valence-corrected chi connectivity index (χ0v) is 73.0. The van der Waals surface area contributed by atoms with Gasteiger partial charge in [0.15, 0.2) is 29.1 Å². The molecule has 0 unspecified atom stereocenters. The minimum atomic E-state index is -3.80. The van der Waals surface area contributed by atoms with Crippen molar-refractivity contribution in [2.75, 3.05) is 53.4 Å². The Labute approximate surface area is 734 Å². The van der Waals surface area contributed by atoms with Crippen molar-refractivity contribution in [2.45, 2.75) is 66.6 Å². The third kappa shape index (κ3) is 30.4. The van der Waals surface area contributed by atoms with Gasteiger partial charge in [0.25, 0.3) is 5.24 Å². The summed E-state index contributed by atoms with van der Waals surface area (Å²) in [5.41, 5.74) is 5.93. The van der Waals surface area contributed by atoms with Crippen LogP contribution in [0.1, 0.15) is 122 Å². The first-order valence-electron chi connectivity index (χ1n) is 36.3. The number of sulfonamides is 4. The summed E-state index contributed by atoms with van der Waals surface area (Å²) in [6.45, 7) is 6.32. The van der Waals surface area contributed by atoms with Crippen molar-refractivity contribution in [2.24, 2.45) is 0 Å². The summed E-state index contributed by atoms with van der Waals surface area (Å²) in [7, 11) is -15.1. The summed E-state index contributed by atoms with van der Waals surface area (Å²) in [6.07, 6.45) is 7.76. The van der Waals surface area contributed by atoms with Gasteiger partial charge in [0.2, 0.25) is 45.9 Å². The summed E-state index contributed by atoms with van der Waals surface area (Å²) in [5.74, 6) is -19.3. The molecule has 0 aliphatic heterocycles.